The van der Waals surface area contributed by atoms with Gasteiger partial charge in [-0.2, -0.15) is 9.61 Å². The summed E-state index contributed by atoms with van der Waals surface area (Å²) in [4.78, 5) is 22.6. The Morgan fingerprint density at radius 1 is 1.21 bits per heavy atom. The normalized spacial score (nSPS) is 11.3. The summed E-state index contributed by atoms with van der Waals surface area (Å²) in [6.45, 7) is 1.27. The Bertz CT molecular complexity index is 1490. The minimum atomic E-state index is 0.000707. The van der Waals surface area contributed by atoms with E-state index in [1.165, 1.54) is 0 Å². The average Bonchev–Trinajstić information content (AvgIpc) is 3.45. The van der Waals surface area contributed by atoms with Gasteiger partial charge in [0.25, 0.3) is 5.91 Å². The highest BCUT2D eigenvalue weighted by Crippen LogP contribution is 2.30. The van der Waals surface area contributed by atoms with Crippen LogP contribution in [0.15, 0.2) is 71.5 Å². The third-order valence-corrected chi connectivity index (χ3v) is 6.61. The van der Waals surface area contributed by atoms with Crippen molar-refractivity contribution in [3.05, 3.63) is 82.0 Å². The first kappa shape index (κ1) is 22.4. The zero-order valence-electron chi connectivity index (χ0n) is 18.4. The number of aromatic nitrogens is 4. The predicted molar refractivity (Wildman–Crippen MR) is 139 cm³/mol. The minimum absolute atomic E-state index is 0.000707. The summed E-state index contributed by atoms with van der Waals surface area (Å²) in [5.41, 5.74) is 3.96. The van der Waals surface area contributed by atoms with Crippen molar-refractivity contribution in [2.45, 2.75) is 6.42 Å². The van der Waals surface area contributed by atoms with Crippen LogP contribution in [0.4, 0.5) is 5.82 Å². The Hall–Kier alpha value is -3.36. The van der Waals surface area contributed by atoms with Crippen molar-refractivity contribution in [3.8, 4) is 11.3 Å². The second-order valence-corrected chi connectivity index (χ2v) is 9.25. The maximum absolute atomic E-state index is 12.9. The minimum Gasteiger partial charge on any atom is -0.370 e. The van der Waals surface area contributed by atoms with E-state index in [1.54, 1.807) is 21.8 Å². The van der Waals surface area contributed by atoms with Gasteiger partial charge in [0.2, 0.25) is 0 Å². The molecule has 0 aliphatic carbocycles. The van der Waals surface area contributed by atoms with E-state index >= 15 is 0 Å². The van der Waals surface area contributed by atoms with Crippen molar-refractivity contribution in [1.29, 1.82) is 0 Å². The van der Waals surface area contributed by atoms with Gasteiger partial charge in [-0.05, 0) is 34.5 Å². The molecule has 34 heavy (non-hydrogen) atoms. The lowest BCUT2D eigenvalue weighted by molar-refractivity contribution is 0.0796. The number of hydrogen-bond acceptors (Lipinski definition) is 4. The van der Waals surface area contributed by atoms with Gasteiger partial charge in [-0.25, -0.2) is 4.98 Å². The highest BCUT2D eigenvalue weighted by atomic mass is 79.9. The summed E-state index contributed by atoms with van der Waals surface area (Å²) in [6.07, 6.45) is 4.26. The molecule has 0 saturated heterocycles. The van der Waals surface area contributed by atoms with Crippen LogP contribution in [0.1, 0.15) is 16.8 Å². The maximum atomic E-state index is 12.9. The Kier molecular flexibility index (Phi) is 6.26. The first-order chi connectivity index (χ1) is 16.5. The van der Waals surface area contributed by atoms with E-state index in [0.717, 1.165) is 38.9 Å². The summed E-state index contributed by atoms with van der Waals surface area (Å²) >= 11 is 9.94. The highest BCUT2D eigenvalue weighted by Gasteiger charge is 2.16. The number of H-pyrrole nitrogens is 1. The van der Waals surface area contributed by atoms with Crippen LogP contribution < -0.4 is 5.32 Å². The van der Waals surface area contributed by atoms with Crippen LogP contribution in [0.2, 0.25) is 5.02 Å². The lowest BCUT2D eigenvalue weighted by atomic mass is 10.1. The van der Waals surface area contributed by atoms with Gasteiger partial charge in [-0.1, -0.05) is 48.0 Å². The quantitative estimate of drug-likeness (QED) is 0.255. The number of benzene rings is 2. The fraction of sp³-hybridized carbons (Fsp3) is 0.160. The van der Waals surface area contributed by atoms with Crippen LogP contribution in [-0.4, -0.2) is 50.5 Å². The number of anilines is 1. The van der Waals surface area contributed by atoms with E-state index < -0.39 is 0 Å². The smallest absolute Gasteiger partial charge is 0.255 e. The molecule has 2 aromatic carbocycles. The number of fused-ring (bicyclic) bond motifs is 2. The van der Waals surface area contributed by atoms with E-state index in [1.807, 2.05) is 61.6 Å². The van der Waals surface area contributed by atoms with Crippen LogP contribution in [0.5, 0.6) is 0 Å². The number of aromatic amines is 1. The molecule has 0 saturated carbocycles. The zero-order valence-corrected chi connectivity index (χ0v) is 20.8. The second kappa shape index (κ2) is 9.48. The van der Waals surface area contributed by atoms with Gasteiger partial charge in [0.15, 0.2) is 5.65 Å². The van der Waals surface area contributed by atoms with Crippen LogP contribution in [-0.2, 0) is 0 Å². The number of amides is 1. The molecular weight excluding hydrogens is 516 g/mol. The number of nitrogens with zero attached hydrogens (tertiary/aromatic N) is 4. The Morgan fingerprint density at radius 3 is 2.85 bits per heavy atom. The molecule has 0 radical (unpaired) electrons. The monoisotopic (exact) mass is 536 g/mol. The van der Waals surface area contributed by atoms with Crippen molar-refractivity contribution < 1.29 is 4.79 Å². The summed E-state index contributed by atoms with van der Waals surface area (Å²) < 4.78 is 2.55. The molecule has 7 nitrogen and oxygen atoms in total. The zero-order chi connectivity index (χ0) is 23.7. The number of rotatable bonds is 7. The van der Waals surface area contributed by atoms with E-state index in [9.17, 15) is 4.79 Å². The third-order valence-electron chi connectivity index (χ3n) is 5.72. The molecule has 0 fully saturated rings. The summed E-state index contributed by atoms with van der Waals surface area (Å²) in [6, 6.07) is 17.4. The lowest BCUT2D eigenvalue weighted by Gasteiger charge is -2.17. The number of carbonyl (C=O) groups is 1. The van der Waals surface area contributed by atoms with Crippen molar-refractivity contribution in [2.24, 2.45) is 0 Å². The molecule has 0 spiro atoms. The molecule has 5 aromatic rings. The van der Waals surface area contributed by atoms with E-state index in [2.05, 4.69) is 31.3 Å². The molecule has 2 N–H and O–H groups in total. The second-order valence-electron chi connectivity index (χ2n) is 7.99. The number of carbonyl (C=O) groups excluding carboxylic acids is 1. The fourth-order valence-corrected chi connectivity index (χ4v) is 4.54. The Balaban J connectivity index is 1.29. The summed E-state index contributed by atoms with van der Waals surface area (Å²) in [7, 11) is 1.83. The van der Waals surface area contributed by atoms with Gasteiger partial charge in [0.1, 0.15) is 5.82 Å². The number of nitrogens with one attached hydrogen (secondary N) is 2. The number of para-hydroxylation sites is 1. The van der Waals surface area contributed by atoms with Crippen molar-refractivity contribution >= 4 is 55.8 Å². The Labute approximate surface area is 209 Å². The molecule has 0 aliphatic rings. The average molecular weight is 538 g/mol. The van der Waals surface area contributed by atoms with E-state index in [-0.39, 0.29) is 5.91 Å². The molecule has 0 aliphatic heterocycles. The first-order valence-corrected chi connectivity index (χ1v) is 12.0. The number of hydrogen-bond donors (Lipinski definition) is 2. The van der Waals surface area contributed by atoms with Gasteiger partial charge in [0.05, 0.1) is 21.9 Å². The third kappa shape index (κ3) is 4.26. The molecule has 5 rings (SSSR count). The van der Waals surface area contributed by atoms with Crippen molar-refractivity contribution in [2.75, 3.05) is 25.5 Å². The van der Waals surface area contributed by atoms with Gasteiger partial charge in [-0.15, -0.1) is 0 Å². The van der Waals surface area contributed by atoms with E-state index in [4.69, 9.17) is 16.6 Å². The topological polar surface area (TPSA) is 78.3 Å². The first-order valence-electron chi connectivity index (χ1n) is 10.9. The predicted octanol–water partition coefficient (Wildman–Crippen LogP) is 5.87. The highest BCUT2D eigenvalue weighted by molar-refractivity contribution is 9.10. The molecule has 172 valence electrons. The summed E-state index contributed by atoms with van der Waals surface area (Å²) in [5.74, 6) is 0.803. The molecular formula is C25H22BrClN6O. The molecule has 3 heterocycles. The molecule has 1 amide bonds. The fourth-order valence-electron chi connectivity index (χ4n) is 3.96. The molecule has 9 heteroatoms. The largest absolute Gasteiger partial charge is 0.370 e. The van der Waals surface area contributed by atoms with Crippen LogP contribution in [0, 0.1) is 0 Å². The van der Waals surface area contributed by atoms with Gasteiger partial charge >= 0.3 is 0 Å². The molecule has 0 unspecified atom stereocenters. The van der Waals surface area contributed by atoms with Crippen LogP contribution in [0.3, 0.4) is 0 Å². The molecule has 0 bridgehead atoms. The Morgan fingerprint density at radius 2 is 2.00 bits per heavy atom. The maximum Gasteiger partial charge on any atom is 0.255 e. The van der Waals surface area contributed by atoms with Gasteiger partial charge in [-0.3, -0.25) is 4.79 Å². The van der Waals surface area contributed by atoms with Crippen LogP contribution in [0.25, 0.3) is 27.8 Å². The standard InChI is InChI=1S/C25H22BrClN6O/c1-32(25(34)18-14-29-21-10-5-3-7-16(18)21)12-6-11-28-23-13-22(17-8-2-4-9-20(17)27)31-24-19(26)15-30-33(23)24/h2-5,7-10,13-15,28-29H,6,11-12H2,1H3. The summed E-state index contributed by atoms with van der Waals surface area (Å²) in [5, 5.41) is 9.44. The SMILES string of the molecule is CN(CCCNc1cc(-c2ccccc2Cl)nc2c(Br)cnn12)C(=O)c1c[nH]c2ccccc12. The van der Waals surface area contributed by atoms with Crippen molar-refractivity contribution in [3.63, 3.8) is 0 Å². The number of halogens is 2. The van der Waals surface area contributed by atoms with Crippen molar-refractivity contribution in [1.82, 2.24) is 24.5 Å². The van der Waals surface area contributed by atoms with Crippen LogP contribution >= 0.6 is 27.5 Å². The van der Waals surface area contributed by atoms with E-state index in [0.29, 0.717) is 29.3 Å². The van der Waals surface area contributed by atoms with Gasteiger partial charge in [0, 0.05) is 53.9 Å². The van der Waals surface area contributed by atoms with Gasteiger partial charge < -0.3 is 15.2 Å². The molecule has 3 aromatic heterocycles. The lowest BCUT2D eigenvalue weighted by Crippen LogP contribution is -2.28. The molecule has 0 atom stereocenters.